The molecular weight excluding hydrogens is 231 g/mol. The maximum atomic E-state index is 12.0. The molecule has 1 rings (SSSR count). The second-order valence-corrected chi connectivity index (χ2v) is 4.36. The molecule has 0 bridgehead atoms. The summed E-state index contributed by atoms with van der Waals surface area (Å²) in [6.07, 6.45) is -3.95. The van der Waals surface area contributed by atoms with Gasteiger partial charge < -0.3 is 10.5 Å². The first-order valence-electron chi connectivity index (χ1n) is 5.39. The Labute approximate surface area is 98.6 Å². The van der Waals surface area contributed by atoms with Gasteiger partial charge in [0.15, 0.2) is 0 Å². The minimum absolute atomic E-state index is 0.228. The van der Waals surface area contributed by atoms with Gasteiger partial charge >= 0.3 is 6.36 Å². The van der Waals surface area contributed by atoms with E-state index in [1.165, 1.54) is 18.2 Å². The molecule has 0 aliphatic rings. The monoisotopic (exact) mass is 247 g/mol. The summed E-state index contributed by atoms with van der Waals surface area (Å²) < 4.78 is 39.9. The van der Waals surface area contributed by atoms with Crippen LogP contribution in [0, 0.1) is 5.92 Å². The van der Waals surface area contributed by atoms with Crippen LogP contribution in [0.15, 0.2) is 24.3 Å². The van der Waals surface area contributed by atoms with Gasteiger partial charge in [0, 0.05) is 6.04 Å². The summed E-state index contributed by atoms with van der Waals surface area (Å²) in [6, 6.07) is 5.54. The van der Waals surface area contributed by atoms with E-state index >= 15 is 0 Å². The third-order valence-corrected chi connectivity index (χ3v) is 2.25. The zero-order chi connectivity index (χ0) is 13.1. The largest absolute Gasteiger partial charge is 0.573 e. The van der Waals surface area contributed by atoms with Crippen LogP contribution in [0.2, 0.25) is 0 Å². The van der Waals surface area contributed by atoms with E-state index < -0.39 is 6.36 Å². The molecule has 1 atom stereocenters. The molecule has 17 heavy (non-hydrogen) atoms. The highest BCUT2D eigenvalue weighted by molar-refractivity contribution is 5.30. The van der Waals surface area contributed by atoms with Crippen LogP contribution < -0.4 is 10.5 Å². The summed E-state index contributed by atoms with van der Waals surface area (Å²) in [5.41, 5.74) is 6.54. The number of alkyl halides is 3. The van der Waals surface area contributed by atoms with E-state index in [0.29, 0.717) is 11.5 Å². The van der Waals surface area contributed by atoms with Gasteiger partial charge in [0.2, 0.25) is 0 Å². The molecule has 1 aromatic carbocycles. The Morgan fingerprint density at radius 2 is 1.94 bits per heavy atom. The minimum atomic E-state index is -4.67. The highest BCUT2D eigenvalue weighted by atomic mass is 19.4. The Morgan fingerprint density at radius 3 is 2.47 bits per heavy atom. The van der Waals surface area contributed by atoms with Crippen molar-refractivity contribution in [2.75, 3.05) is 0 Å². The van der Waals surface area contributed by atoms with Crippen LogP contribution in [0.5, 0.6) is 5.75 Å². The van der Waals surface area contributed by atoms with Gasteiger partial charge in [-0.2, -0.15) is 0 Å². The molecule has 0 fully saturated rings. The second kappa shape index (κ2) is 5.40. The summed E-state index contributed by atoms with van der Waals surface area (Å²) >= 11 is 0. The topological polar surface area (TPSA) is 35.2 Å². The second-order valence-electron chi connectivity index (χ2n) is 4.36. The van der Waals surface area contributed by atoms with E-state index in [4.69, 9.17) is 5.73 Å². The minimum Gasteiger partial charge on any atom is -0.406 e. The van der Waals surface area contributed by atoms with Crippen LogP contribution in [-0.4, -0.2) is 6.36 Å². The fraction of sp³-hybridized carbons (Fsp3) is 0.500. The first-order chi connectivity index (χ1) is 7.78. The van der Waals surface area contributed by atoms with Gasteiger partial charge in [-0.1, -0.05) is 26.0 Å². The van der Waals surface area contributed by atoms with Crippen molar-refractivity contribution in [1.82, 2.24) is 0 Å². The van der Waals surface area contributed by atoms with Crippen molar-refractivity contribution in [3.05, 3.63) is 29.8 Å². The van der Waals surface area contributed by atoms with Crippen LogP contribution >= 0.6 is 0 Å². The summed E-state index contributed by atoms with van der Waals surface area (Å²) in [5.74, 6) is 0.159. The van der Waals surface area contributed by atoms with Gasteiger partial charge in [0.05, 0.1) is 0 Å². The molecule has 0 aliphatic heterocycles. The standard InChI is InChI=1S/C12H16F3NO/c1-8(2)6-11(16)9-4-3-5-10(7-9)17-12(13,14)15/h3-5,7-8,11H,6,16H2,1-2H3/t11-/m1/s1. The summed E-state index contributed by atoms with van der Waals surface area (Å²) in [7, 11) is 0. The van der Waals surface area contributed by atoms with Crippen LogP contribution in [0.3, 0.4) is 0 Å². The number of hydrogen-bond donors (Lipinski definition) is 1. The fourth-order valence-corrected chi connectivity index (χ4v) is 1.59. The van der Waals surface area contributed by atoms with E-state index in [2.05, 4.69) is 4.74 Å². The van der Waals surface area contributed by atoms with Crippen molar-refractivity contribution in [1.29, 1.82) is 0 Å². The van der Waals surface area contributed by atoms with Gasteiger partial charge in [-0.05, 0) is 30.0 Å². The van der Waals surface area contributed by atoms with Gasteiger partial charge in [0.1, 0.15) is 5.75 Å². The normalized spacial score (nSPS) is 13.8. The van der Waals surface area contributed by atoms with E-state index in [9.17, 15) is 13.2 Å². The highest BCUT2D eigenvalue weighted by Crippen LogP contribution is 2.26. The smallest absolute Gasteiger partial charge is 0.406 e. The van der Waals surface area contributed by atoms with E-state index in [-0.39, 0.29) is 11.8 Å². The highest BCUT2D eigenvalue weighted by Gasteiger charge is 2.31. The first-order valence-corrected chi connectivity index (χ1v) is 5.39. The molecule has 1 aromatic rings. The quantitative estimate of drug-likeness (QED) is 0.881. The number of nitrogens with two attached hydrogens (primary N) is 1. The average Bonchev–Trinajstić information content (AvgIpc) is 2.14. The molecule has 2 N–H and O–H groups in total. The lowest BCUT2D eigenvalue weighted by atomic mass is 9.98. The Bertz CT molecular complexity index is 363. The van der Waals surface area contributed by atoms with Gasteiger partial charge in [-0.3, -0.25) is 0 Å². The van der Waals surface area contributed by atoms with Crippen molar-refractivity contribution in [2.24, 2.45) is 11.7 Å². The Balaban J connectivity index is 2.78. The van der Waals surface area contributed by atoms with Crippen LogP contribution in [-0.2, 0) is 0 Å². The van der Waals surface area contributed by atoms with Crippen molar-refractivity contribution < 1.29 is 17.9 Å². The van der Waals surface area contributed by atoms with Gasteiger partial charge in [0.25, 0.3) is 0 Å². The predicted molar refractivity (Wildman–Crippen MR) is 59.5 cm³/mol. The molecule has 0 spiro atoms. The molecule has 5 heteroatoms. The third kappa shape index (κ3) is 5.08. The molecular formula is C12H16F3NO. The Morgan fingerprint density at radius 1 is 1.29 bits per heavy atom. The molecule has 0 aromatic heterocycles. The Hall–Kier alpha value is -1.23. The molecule has 0 saturated heterocycles. The number of benzene rings is 1. The molecule has 0 saturated carbocycles. The van der Waals surface area contributed by atoms with Crippen LogP contribution in [0.4, 0.5) is 13.2 Å². The maximum Gasteiger partial charge on any atom is 0.573 e. The number of ether oxygens (including phenoxy) is 1. The Kier molecular flexibility index (Phi) is 4.40. The van der Waals surface area contributed by atoms with E-state index in [1.54, 1.807) is 6.07 Å². The van der Waals surface area contributed by atoms with Crippen LogP contribution in [0.1, 0.15) is 31.9 Å². The van der Waals surface area contributed by atoms with E-state index in [0.717, 1.165) is 6.42 Å². The van der Waals surface area contributed by atoms with Crippen molar-refractivity contribution in [3.63, 3.8) is 0 Å². The SMILES string of the molecule is CC(C)C[C@@H](N)c1cccc(OC(F)(F)F)c1. The third-order valence-electron chi connectivity index (χ3n) is 2.25. The first kappa shape index (κ1) is 13.8. The van der Waals surface area contributed by atoms with Crippen LogP contribution in [0.25, 0.3) is 0 Å². The van der Waals surface area contributed by atoms with Crippen molar-refractivity contribution in [3.8, 4) is 5.75 Å². The van der Waals surface area contributed by atoms with Crippen molar-refractivity contribution >= 4 is 0 Å². The van der Waals surface area contributed by atoms with Gasteiger partial charge in [-0.25, -0.2) is 0 Å². The lowest BCUT2D eigenvalue weighted by Crippen LogP contribution is -2.18. The van der Waals surface area contributed by atoms with Gasteiger partial charge in [-0.15, -0.1) is 13.2 Å². The number of hydrogen-bond acceptors (Lipinski definition) is 2. The molecule has 0 heterocycles. The predicted octanol–water partition coefficient (Wildman–Crippen LogP) is 3.63. The lowest BCUT2D eigenvalue weighted by molar-refractivity contribution is -0.274. The molecule has 0 unspecified atom stereocenters. The average molecular weight is 247 g/mol. The zero-order valence-electron chi connectivity index (χ0n) is 9.79. The molecule has 2 nitrogen and oxygen atoms in total. The summed E-state index contributed by atoms with van der Waals surface area (Å²) in [4.78, 5) is 0. The molecule has 96 valence electrons. The van der Waals surface area contributed by atoms with E-state index in [1.807, 2.05) is 13.8 Å². The van der Waals surface area contributed by atoms with Crippen molar-refractivity contribution in [2.45, 2.75) is 32.7 Å². The maximum absolute atomic E-state index is 12.0. The summed E-state index contributed by atoms with van der Waals surface area (Å²) in [5, 5.41) is 0. The number of rotatable bonds is 4. The molecule has 0 aliphatic carbocycles. The zero-order valence-corrected chi connectivity index (χ0v) is 9.79. The lowest BCUT2D eigenvalue weighted by Gasteiger charge is -2.16. The molecule has 0 amide bonds. The summed E-state index contributed by atoms with van der Waals surface area (Å²) in [6.45, 7) is 4.02. The molecule has 0 radical (unpaired) electrons. The fourth-order valence-electron chi connectivity index (χ4n) is 1.59. The number of halogens is 3.